The average Bonchev–Trinajstić information content (AvgIpc) is 2.62. The standard InChI is InChI=1S/C15H15NO/c1-8-5-9(2)14-12(6-8)11(4)13-7-10(3)17-15(13)16-14/h5-7H,1-4H3. The first-order chi connectivity index (χ1) is 8.06. The normalized spacial score (nSPS) is 11.5. The molecule has 0 aliphatic carbocycles. The predicted molar refractivity (Wildman–Crippen MR) is 70.5 cm³/mol. The number of hydrogen-bond donors (Lipinski definition) is 0. The minimum absolute atomic E-state index is 0.749. The van der Waals surface area contributed by atoms with Crippen LogP contribution in [0.5, 0.6) is 0 Å². The van der Waals surface area contributed by atoms with Crippen molar-refractivity contribution in [3.8, 4) is 0 Å². The molecule has 0 spiro atoms. The maximum Gasteiger partial charge on any atom is 0.227 e. The van der Waals surface area contributed by atoms with Gasteiger partial charge in [-0.1, -0.05) is 11.6 Å². The van der Waals surface area contributed by atoms with Crippen LogP contribution in [0.1, 0.15) is 22.5 Å². The van der Waals surface area contributed by atoms with Crippen LogP contribution in [0.25, 0.3) is 22.0 Å². The van der Waals surface area contributed by atoms with Crippen LogP contribution in [0.3, 0.4) is 0 Å². The highest BCUT2D eigenvalue weighted by molar-refractivity contribution is 5.97. The number of aryl methyl sites for hydroxylation is 4. The van der Waals surface area contributed by atoms with Crippen LogP contribution in [0.15, 0.2) is 22.6 Å². The second kappa shape index (κ2) is 3.33. The number of furan rings is 1. The molecule has 0 fully saturated rings. The second-order valence-electron chi connectivity index (χ2n) is 4.79. The number of pyridine rings is 1. The van der Waals surface area contributed by atoms with Gasteiger partial charge in [0.2, 0.25) is 5.71 Å². The Morgan fingerprint density at radius 2 is 1.71 bits per heavy atom. The molecule has 0 saturated heterocycles. The van der Waals surface area contributed by atoms with Crippen molar-refractivity contribution >= 4 is 22.0 Å². The summed E-state index contributed by atoms with van der Waals surface area (Å²) in [7, 11) is 0. The molecule has 2 aromatic heterocycles. The van der Waals surface area contributed by atoms with Gasteiger partial charge in [0.25, 0.3) is 0 Å². The van der Waals surface area contributed by atoms with Crippen LogP contribution in [0.2, 0.25) is 0 Å². The minimum Gasteiger partial charge on any atom is -0.443 e. The summed E-state index contributed by atoms with van der Waals surface area (Å²) in [5, 5.41) is 2.36. The van der Waals surface area contributed by atoms with Gasteiger partial charge in [0.05, 0.1) is 5.52 Å². The van der Waals surface area contributed by atoms with E-state index in [0.717, 1.165) is 22.4 Å². The molecule has 86 valence electrons. The van der Waals surface area contributed by atoms with E-state index < -0.39 is 0 Å². The Morgan fingerprint density at radius 3 is 2.47 bits per heavy atom. The molecule has 17 heavy (non-hydrogen) atoms. The number of benzene rings is 1. The van der Waals surface area contributed by atoms with E-state index >= 15 is 0 Å². The van der Waals surface area contributed by atoms with Crippen molar-refractivity contribution in [3.05, 3.63) is 40.6 Å². The SMILES string of the molecule is Cc1cc(C)c2nc3oc(C)cc3c(C)c2c1. The van der Waals surface area contributed by atoms with Gasteiger partial charge in [-0.2, -0.15) is 0 Å². The van der Waals surface area contributed by atoms with Crippen LogP contribution in [-0.4, -0.2) is 4.98 Å². The molecule has 0 aliphatic heterocycles. The lowest BCUT2D eigenvalue weighted by Crippen LogP contribution is -1.89. The molecular weight excluding hydrogens is 210 g/mol. The Bertz CT molecular complexity index is 738. The van der Waals surface area contributed by atoms with Crippen molar-refractivity contribution < 1.29 is 4.42 Å². The third-order valence-corrected chi connectivity index (χ3v) is 3.30. The molecule has 2 nitrogen and oxygen atoms in total. The molecule has 0 amide bonds. The topological polar surface area (TPSA) is 26.0 Å². The zero-order valence-corrected chi connectivity index (χ0v) is 10.6. The van der Waals surface area contributed by atoms with E-state index in [2.05, 4.69) is 44.0 Å². The van der Waals surface area contributed by atoms with E-state index in [1.165, 1.54) is 22.1 Å². The molecule has 0 unspecified atom stereocenters. The number of rotatable bonds is 0. The van der Waals surface area contributed by atoms with Gasteiger partial charge in [-0.15, -0.1) is 0 Å². The monoisotopic (exact) mass is 225 g/mol. The Labute approximate surface area is 100 Å². The maximum absolute atomic E-state index is 5.63. The highest BCUT2D eigenvalue weighted by Gasteiger charge is 2.11. The third kappa shape index (κ3) is 1.44. The van der Waals surface area contributed by atoms with Crippen molar-refractivity contribution in [3.63, 3.8) is 0 Å². The van der Waals surface area contributed by atoms with E-state index in [0.29, 0.717) is 0 Å². The molecule has 0 atom stereocenters. The van der Waals surface area contributed by atoms with E-state index in [-0.39, 0.29) is 0 Å². The summed E-state index contributed by atoms with van der Waals surface area (Å²) >= 11 is 0. The van der Waals surface area contributed by atoms with Gasteiger partial charge in [-0.05, 0) is 51.0 Å². The average molecular weight is 225 g/mol. The zero-order valence-electron chi connectivity index (χ0n) is 10.6. The van der Waals surface area contributed by atoms with Crippen LogP contribution in [0, 0.1) is 27.7 Å². The lowest BCUT2D eigenvalue weighted by molar-refractivity contribution is 0.569. The smallest absolute Gasteiger partial charge is 0.227 e. The highest BCUT2D eigenvalue weighted by Crippen LogP contribution is 2.29. The quantitative estimate of drug-likeness (QED) is 0.572. The molecule has 0 bridgehead atoms. The number of hydrogen-bond acceptors (Lipinski definition) is 2. The van der Waals surface area contributed by atoms with E-state index in [9.17, 15) is 0 Å². The second-order valence-corrected chi connectivity index (χ2v) is 4.79. The van der Waals surface area contributed by atoms with Gasteiger partial charge in [0, 0.05) is 10.8 Å². The predicted octanol–water partition coefficient (Wildman–Crippen LogP) is 4.21. The van der Waals surface area contributed by atoms with E-state index in [1.54, 1.807) is 0 Å². The summed E-state index contributed by atoms with van der Waals surface area (Å²) in [5.74, 6) is 0.917. The van der Waals surface area contributed by atoms with Gasteiger partial charge in [-0.25, -0.2) is 4.98 Å². The van der Waals surface area contributed by atoms with Crippen molar-refractivity contribution in [1.29, 1.82) is 0 Å². The van der Waals surface area contributed by atoms with Crippen molar-refractivity contribution in [2.45, 2.75) is 27.7 Å². The maximum atomic E-state index is 5.63. The molecular formula is C15H15NO. The fraction of sp³-hybridized carbons (Fsp3) is 0.267. The molecule has 3 rings (SSSR count). The van der Waals surface area contributed by atoms with Crippen molar-refractivity contribution in [1.82, 2.24) is 4.98 Å². The fourth-order valence-electron chi connectivity index (χ4n) is 2.49. The lowest BCUT2D eigenvalue weighted by Gasteiger charge is -2.06. The first kappa shape index (κ1) is 10.3. The Kier molecular flexibility index (Phi) is 2.02. The third-order valence-electron chi connectivity index (χ3n) is 3.30. The van der Waals surface area contributed by atoms with Gasteiger partial charge in [-0.3, -0.25) is 0 Å². The summed E-state index contributed by atoms with van der Waals surface area (Å²) in [4.78, 5) is 4.63. The number of nitrogens with zero attached hydrogens (tertiary/aromatic N) is 1. The summed E-state index contributed by atoms with van der Waals surface area (Å²) in [6.07, 6.45) is 0. The van der Waals surface area contributed by atoms with Gasteiger partial charge in [0.15, 0.2) is 0 Å². The Morgan fingerprint density at radius 1 is 0.941 bits per heavy atom. The van der Waals surface area contributed by atoms with E-state index in [1.807, 2.05) is 6.92 Å². The van der Waals surface area contributed by atoms with Crippen LogP contribution in [-0.2, 0) is 0 Å². The van der Waals surface area contributed by atoms with E-state index in [4.69, 9.17) is 4.42 Å². The number of fused-ring (bicyclic) bond motifs is 2. The van der Waals surface area contributed by atoms with Crippen molar-refractivity contribution in [2.24, 2.45) is 0 Å². The first-order valence-corrected chi connectivity index (χ1v) is 5.84. The van der Waals surface area contributed by atoms with Gasteiger partial charge in [0.1, 0.15) is 5.76 Å². The summed E-state index contributed by atoms with van der Waals surface area (Å²) in [5.41, 5.74) is 5.54. The van der Waals surface area contributed by atoms with Gasteiger partial charge >= 0.3 is 0 Å². The molecule has 3 aromatic rings. The minimum atomic E-state index is 0.749. The van der Waals surface area contributed by atoms with Crippen molar-refractivity contribution in [2.75, 3.05) is 0 Å². The van der Waals surface area contributed by atoms with Crippen LogP contribution < -0.4 is 0 Å². The van der Waals surface area contributed by atoms with Crippen LogP contribution in [0.4, 0.5) is 0 Å². The summed E-state index contributed by atoms with van der Waals surface area (Å²) < 4.78 is 5.63. The molecule has 2 heteroatoms. The first-order valence-electron chi connectivity index (χ1n) is 5.84. The molecule has 0 saturated carbocycles. The molecule has 2 heterocycles. The van der Waals surface area contributed by atoms with Gasteiger partial charge < -0.3 is 4.42 Å². The summed E-state index contributed by atoms with van der Waals surface area (Å²) in [6.45, 7) is 8.32. The summed E-state index contributed by atoms with van der Waals surface area (Å²) in [6, 6.07) is 6.43. The highest BCUT2D eigenvalue weighted by atomic mass is 16.3. The largest absolute Gasteiger partial charge is 0.443 e. The fourth-order valence-corrected chi connectivity index (χ4v) is 2.49. The Hall–Kier alpha value is -1.83. The van der Waals surface area contributed by atoms with Crippen LogP contribution >= 0.6 is 0 Å². The Balaban J connectivity index is 2.58. The molecule has 0 aliphatic rings. The lowest BCUT2D eigenvalue weighted by atomic mass is 10.0. The molecule has 0 radical (unpaired) electrons. The molecule has 1 aromatic carbocycles. The zero-order chi connectivity index (χ0) is 12.2. The molecule has 0 N–H and O–H groups in total. The number of aromatic nitrogens is 1.